The van der Waals surface area contributed by atoms with Gasteiger partial charge in [0.2, 0.25) is 0 Å². The Balaban J connectivity index is 2.34. The third-order valence-electron chi connectivity index (χ3n) is 2.56. The summed E-state index contributed by atoms with van der Waals surface area (Å²) in [4.78, 5) is 25.2. The molecule has 88 valence electrons. The minimum Gasteiger partial charge on any atom is -0.394 e. The second-order valence-electron chi connectivity index (χ2n) is 3.61. The Kier molecular flexibility index (Phi) is 2.90. The van der Waals surface area contributed by atoms with Gasteiger partial charge in [-0.25, -0.2) is 9.36 Å². The number of aromatic amines is 1. The van der Waals surface area contributed by atoms with E-state index in [2.05, 4.69) is 4.98 Å². The van der Waals surface area contributed by atoms with Crippen LogP contribution >= 0.6 is 0 Å². The second-order valence-corrected chi connectivity index (χ2v) is 3.61. The Morgan fingerprint density at radius 3 is 2.88 bits per heavy atom. The maximum atomic E-state index is 11.4. The maximum absolute atomic E-state index is 11.4. The van der Waals surface area contributed by atoms with Crippen molar-refractivity contribution in [2.24, 2.45) is 0 Å². The number of aliphatic hydroxyl groups is 2. The molecule has 3 N–H and O–H groups in total. The average Bonchev–Trinajstić information content (AvgIpc) is 2.59. The molecular formula is C9H12N2O5. The van der Waals surface area contributed by atoms with Crippen LogP contribution in [0.2, 0.25) is 0 Å². The van der Waals surface area contributed by atoms with Crippen LogP contribution in [0.15, 0.2) is 21.9 Å². The minimum atomic E-state index is -0.874. The van der Waals surface area contributed by atoms with Gasteiger partial charge >= 0.3 is 5.69 Å². The van der Waals surface area contributed by atoms with E-state index in [9.17, 15) is 14.7 Å². The molecule has 0 aliphatic carbocycles. The van der Waals surface area contributed by atoms with Crippen molar-refractivity contribution in [2.75, 3.05) is 6.61 Å². The molecular weight excluding hydrogens is 216 g/mol. The minimum absolute atomic E-state index is 0.109. The standard InChI is InChI=1S/C9H12N2O5/c12-4-6-5(13)3-8(16-6)11-7(14)1-2-10-9(11)15/h1-2,5-6,8,12-13H,3-4H2,(H,10,15)/t5-,6-,8?/m1/s1. The first-order valence-electron chi connectivity index (χ1n) is 4.88. The number of hydrogen-bond acceptors (Lipinski definition) is 5. The number of rotatable bonds is 2. The monoisotopic (exact) mass is 228 g/mol. The van der Waals surface area contributed by atoms with Gasteiger partial charge in [0, 0.05) is 18.7 Å². The van der Waals surface area contributed by atoms with Gasteiger partial charge in [0.1, 0.15) is 12.3 Å². The molecule has 0 spiro atoms. The summed E-state index contributed by atoms with van der Waals surface area (Å²) in [5.74, 6) is 0. The first kappa shape index (κ1) is 11.1. The lowest BCUT2D eigenvalue weighted by atomic mass is 10.2. The van der Waals surface area contributed by atoms with Crippen LogP contribution in [0.25, 0.3) is 0 Å². The molecule has 1 unspecified atom stereocenters. The normalized spacial score (nSPS) is 29.5. The summed E-state index contributed by atoms with van der Waals surface area (Å²) in [6.45, 7) is -0.350. The first-order chi connectivity index (χ1) is 7.63. The summed E-state index contributed by atoms with van der Waals surface area (Å²) >= 11 is 0. The molecule has 1 aliphatic heterocycles. The van der Waals surface area contributed by atoms with Crippen molar-refractivity contribution in [3.63, 3.8) is 0 Å². The highest BCUT2D eigenvalue weighted by Crippen LogP contribution is 2.26. The Bertz CT molecular complexity index is 451. The molecule has 1 aliphatic rings. The van der Waals surface area contributed by atoms with Crippen molar-refractivity contribution in [3.05, 3.63) is 33.1 Å². The largest absolute Gasteiger partial charge is 0.394 e. The zero-order chi connectivity index (χ0) is 11.7. The predicted molar refractivity (Wildman–Crippen MR) is 52.9 cm³/mol. The Morgan fingerprint density at radius 2 is 2.31 bits per heavy atom. The third-order valence-corrected chi connectivity index (χ3v) is 2.56. The van der Waals surface area contributed by atoms with E-state index < -0.39 is 29.7 Å². The molecule has 2 rings (SSSR count). The highest BCUT2D eigenvalue weighted by molar-refractivity contribution is 4.88. The molecule has 2 heterocycles. The van der Waals surface area contributed by atoms with Crippen LogP contribution in [0.5, 0.6) is 0 Å². The van der Waals surface area contributed by atoms with Gasteiger partial charge in [-0.1, -0.05) is 0 Å². The lowest BCUT2D eigenvalue weighted by Crippen LogP contribution is -2.37. The predicted octanol–water partition coefficient (Wildman–Crippen LogP) is -1.82. The van der Waals surface area contributed by atoms with Gasteiger partial charge < -0.3 is 19.9 Å². The van der Waals surface area contributed by atoms with Crippen molar-refractivity contribution < 1.29 is 14.9 Å². The van der Waals surface area contributed by atoms with Gasteiger partial charge in [-0.3, -0.25) is 4.79 Å². The van der Waals surface area contributed by atoms with Crippen LogP contribution in [0.4, 0.5) is 0 Å². The van der Waals surface area contributed by atoms with Crippen LogP contribution in [0, 0.1) is 0 Å². The van der Waals surface area contributed by atoms with E-state index in [0.717, 1.165) is 4.57 Å². The third kappa shape index (κ3) is 1.80. The Morgan fingerprint density at radius 1 is 1.56 bits per heavy atom. The average molecular weight is 228 g/mol. The summed E-state index contributed by atoms with van der Waals surface area (Å²) in [5, 5.41) is 18.4. The molecule has 3 atom stereocenters. The molecule has 1 saturated heterocycles. The molecule has 1 fully saturated rings. The second kappa shape index (κ2) is 4.20. The molecule has 0 amide bonds. The van der Waals surface area contributed by atoms with Crippen LogP contribution in [0.1, 0.15) is 12.6 Å². The number of nitrogens with one attached hydrogen (secondary N) is 1. The fourth-order valence-corrected chi connectivity index (χ4v) is 1.74. The summed E-state index contributed by atoms with van der Waals surface area (Å²) in [5.41, 5.74) is -1.09. The van der Waals surface area contributed by atoms with E-state index in [1.165, 1.54) is 12.3 Å². The number of nitrogens with zero attached hydrogens (tertiary/aromatic N) is 1. The van der Waals surface area contributed by atoms with Crippen molar-refractivity contribution >= 4 is 0 Å². The van der Waals surface area contributed by atoms with Gasteiger partial charge in [-0.2, -0.15) is 0 Å². The molecule has 1 aromatic heterocycles. The molecule has 7 nitrogen and oxygen atoms in total. The fourth-order valence-electron chi connectivity index (χ4n) is 1.74. The van der Waals surface area contributed by atoms with Crippen LogP contribution < -0.4 is 11.2 Å². The van der Waals surface area contributed by atoms with Crippen molar-refractivity contribution in [1.29, 1.82) is 0 Å². The fraction of sp³-hybridized carbons (Fsp3) is 0.556. The number of hydrogen-bond donors (Lipinski definition) is 3. The van der Waals surface area contributed by atoms with Gasteiger partial charge in [0.15, 0.2) is 0 Å². The summed E-state index contributed by atoms with van der Waals surface area (Å²) in [7, 11) is 0. The summed E-state index contributed by atoms with van der Waals surface area (Å²) < 4.78 is 6.10. The first-order valence-corrected chi connectivity index (χ1v) is 4.88. The lowest BCUT2D eigenvalue weighted by molar-refractivity contribution is -0.0469. The van der Waals surface area contributed by atoms with Gasteiger partial charge in [0.05, 0.1) is 12.7 Å². The van der Waals surface area contributed by atoms with E-state index in [1.807, 2.05) is 0 Å². The van der Waals surface area contributed by atoms with Crippen molar-refractivity contribution in [2.45, 2.75) is 24.9 Å². The summed E-state index contributed by atoms with van der Waals surface area (Å²) in [6.07, 6.45) is -1.10. The highest BCUT2D eigenvalue weighted by Gasteiger charge is 2.35. The van der Waals surface area contributed by atoms with Gasteiger partial charge in [-0.15, -0.1) is 0 Å². The number of aliphatic hydroxyl groups excluding tert-OH is 2. The van der Waals surface area contributed by atoms with Crippen LogP contribution in [-0.2, 0) is 4.74 Å². The molecule has 16 heavy (non-hydrogen) atoms. The highest BCUT2D eigenvalue weighted by atomic mass is 16.5. The van der Waals surface area contributed by atoms with E-state index in [4.69, 9.17) is 9.84 Å². The van der Waals surface area contributed by atoms with Crippen molar-refractivity contribution in [3.8, 4) is 0 Å². The molecule has 0 radical (unpaired) electrons. The zero-order valence-corrected chi connectivity index (χ0v) is 8.37. The smallest absolute Gasteiger partial charge is 0.330 e. The van der Waals surface area contributed by atoms with Crippen LogP contribution in [0.3, 0.4) is 0 Å². The van der Waals surface area contributed by atoms with Gasteiger partial charge in [-0.05, 0) is 0 Å². The van der Waals surface area contributed by atoms with E-state index >= 15 is 0 Å². The summed E-state index contributed by atoms with van der Waals surface area (Å²) in [6, 6.07) is 1.20. The molecule has 1 aromatic rings. The van der Waals surface area contributed by atoms with E-state index in [-0.39, 0.29) is 13.0 Å². The Labute approximate surface area is 89.9 Å². The number of ether oxygens (including phenoxy) is 1. The van der Waals surface area contributed by atoms with E-state index in [0.29, 0.717) is 0 Å². The van der Waals surface area contributed by atoms with Crippen molar-refractivity contribution in [1.82, 2.24) is 9.55 Å². The topological polar surface area (TPSA) is 105 Å². The van der Waals surface area contributed by atoms with Crippen LogP contribution in [-0.4, -0.2) is 38.6 Å². The quantitative estimate of drug-likeness (QED) is 0.552. The Hall–Kier alpha value is -1.44. The lowest BCUT2D eigenvalue weighted by Gasteiger charge is -2.12. The van der Waals surface area contributed by atoms with E-state index in [1.54, 1.807) is 0 Å². The number of H-pyrrole nitrogens is 1. The zero-order valence-electron chi connectivity index (χ0n) is 8.37. The SMILES string of the molecule is O=c1cc[nH]c(=O)n1C1C[C@@H](O)[C@@H](CO)O1. The molecule has 0 aromatic carbocycles. The van der Waals surface area contributed by atoms with Gasteiger partial charge in [0.25, 0.3) is 5.56 Å². The molecule has 7 heteroatoms. The molecule has 0 saturated carbocycles. The number of aromatic nitrogens is 2. The molecule has 0 bridgehead atoms. The maximum Gasteiger partial charge on any atom is 0.330 e.